The summed E-state index contributed by atoms with van der Waals surface area (Å²) >= 11 is 0. The second-order valence-electron chi connectivity index (χ2n) is 4.85. The van der Waals surface area contributed by atoms with Gasteiger partial charge in [0.1, 0.15) is 11.9 Å². The molecule has 0 amide bonds. The molecule has 0 spiro atoms. The fraction of sp³-hybridized carbons (Fsp3) is 0.500. The van der Waals surface area contributed by atoms with Crippen molar-refractivity contribution in [2.75, 3.05) is 14.2 Å². The van der Waals surface area contributed by atoms with Crippen molar-refractivity contribution in [1.82, 2.24) is 4.90 Å². The molecule has 1 aliphatic carbocycles. The highest BCUT2D eigenvalue weighted by molar-refractivity contribution is 5.76. The Morgan fingerprint density at radius 2 is 2.06 bits per heavy atom. The van der Waals surface area contributed by atoms with E-state index in [-0.39, 0.29) is 17.8 Å². The topological polar surface area (TPSA) is 29.5 Å². The summed E-state index contributed by atoms with van der Waals surface area (Å²) in [6, 6.07) is 6.18. The lowest BCUT2D eigenvalue weighted by Gasteiger charge is -2.25. The molecular weight excluding hydrogens is 233 g/mol. The zero-order valence-corrected chi connectivity index (χ0v) is 10.7. The van der Waals surface area contributed by atoms with Crippen LogP contribution >= 0.6 is 0 Å². The molecule has 4 heteroatoms. The van der Waals surface area contributed by atoms with E-state index in [1.54, 1.807) is 12.1 Å². The molecule has 0 bridgehead atoms. The number of methoxy groups -OCH3 is 1. The first-order valence-corrected chi connectivity index (χ1v) is 6.14. The van der Waals surface area contributed by atoms with E-state index in [9.17, 15) is 9.18 Å². The molecule has 0 N–H and O–H groups in total. The first-order valence-electron chi connectivity index (χ1n) is 6.14. The van der Waals surface area contributed by atoms with Crippen LogP contribution in [-0.4, -0.2) is 31.1 Å². The van der Waals surface area contributed by atoms with Gasteiger partial charge >= 0.3 is 5.97 Å². The van der Waals surface area contributed by atoms with Crippen LogP contribution in [0.2, 0.25) is 0 Å². The number of hydrogen-bond acceptors (Lipinski definition) is 3. The fourth-order valence-electron chi connectivity index (χ4n) is 2.24. The number of nitrogens with zero attached hydrogens (tertiary/aromatic N) is 1. The summed E-state index contributed by atoms with van der Waals surface area (Å²) in [7, 11) is 3.33. The summed E-state index contributed by atoms with van der Waals surface area (Å²) in [4.78, 5) is 13.7. The zero-order valence-electron chi connectivity index (χ0n) is 10.7. The van der Waals surface area contributed by atoms with Crippen LogP contribution in [0.25, 0.3) is 0 Å². The van der Waals surface area contributed by atoms with Crippen LogP contribution in [0.4, 0.5) is 4.39 Å². The molecule has 1 fully saturated rings. The number of hydrogen-bond donors (Lipinski definition) is 0. The van der Waals surface area contributed by atoms with Crippen LogP contribution in [0.15, 0.2) is 24.3 Å². The van der Waals surface area contributed by atoms with Crippen molar-refractivity contribution in [1.29, 1.82) is 0 Å². The Balaban J connectivity index is 2.02. The van der Waals surface area contributed by atoms with Crippen molar-refractivity contribution in [3.05, 3.63) is 35.6 Å². The number of carbonyl (C=O) groups excluding carboxylic acids is 1. The molecule has 0 aliphatic heterocycles. The summed E-state index contributed by atoms with van der Waals surface area (Å²) < 4.78 is 17.7. The van der Waals surface area contributed by atoms with Crippen LogP contribution in [0.1, 0.15) is 18.4 Å². The van der Waals surface area contributed by atoms with Crippen molar-refractivity contribution in [3.63, 3.8) is 0 Å². The van der Waals surface area contributed by atoms with Crippen molar-refractivity contribution in [2.24, 2.45) is 5.92 Å². The third kappa shape index (κ3) is 3.07. The molecule has 3 nitrogen and oxygen atoms in total. The maximum atomic E-state index is 12.8. The first kappa shape index (κ1) is 13.0. The minimum Gasteiger partial charge on any atom is -0.468 e. The lowest BCUT2D eigenvalue weighted by Crippen LogP contribution is -2.40. The van der Waals surface area contributed by atoms with Crippen molar-refractivity contribution >= 4 is 5.97 Å². The van der Waals surface area contributed by atoms with E-state index in [2.05, 4.69) is 0 Å². The molecule has 0 aromatic heterocycles. The van der Waals surface area contributed by atoms with Gasteiger partial charge in [0, 0.05) is 6.54 Å². The Morgan fingerprint density at radius 1 is 1.44 bits per heavy atom. The Morgan fingerprint density at radius 3 is 2.56 bits per heavy atom. The predicted molar refractivity (Wildman–Crippen MR) is 66.4 cm³/mol. The molecule has 0 radical (unpaired) electrons. The van der Waals surface area contributed by atoms with E-state index in [0.29, 0.717) is 12.5 Å². The number of carbonyl (C=O) groups is 1. The summed E-state index contributed by atoms with van der Waals surface area (Å²) in [6.07, 6.45) is 2.15. The van der Waals surface area contributed by atoms with Gasteiger partial charge in [-0.15, -0.1) is 0 Å². The Hall–Kier alpha value is -1.42. The van der Waals surface area contributed by atoms with Gasteiger partial charge in [-0.1, -0.05) is 12.1 Å². The van der Waals surface area contributed by atoms with Gasteiger partial charge in [-0.3, -0.25) is 9.69 Å². The minimum atomic E-state index is -0.242. The van der Waals surface area contributed by atoms with Crippen LogP contribution in [0.5, 0.6) is 0 Å². The Kier molecular flexibility index (Phi) is 3.97. The fourth-order valence-corrected chi connectivity index (χ4v) is 2.24. The van der Waals surface area contributed by atoms with E-state index in [1.165, 1.54) is 19.2 Å². The maximum absolute atomic E-state index is 12.8. The van der Waals surface area contributed by atoms with E-state index in [4.69, 9.17) is 4.74 Å². The van der Waals surface area contributed by atoms with E-state index < -0.39 is 0 Å². The van der Waals surface area contributed by atoms with Gasteiger partial charge in [0.05, 0.1) is 7.11 Å². The third-order valence-corrected chi connectivity index (χ3v) is 3.33. The number of likely N-dealkylation sites (N-methyl/N-ethyl adjacent to an activating group) is 1. The minimum absolute atomic E-state index is 0.179. The maximum Gasteiger partial charge on any atom is 0.323 e. The Labute approximate surface area is 107 Å². The highest BCUT2D eigenvalue weighted by atomic mass is 19.1. The summed E-state index contributed by atoms with van der Waals surface area (Å²) in [5, 5.41) is 0. The molecule has 0 saturated heterocycles. The molecule has 1 aromatic carbocycles. The van der Waals surface area contributed by atoms with Crippen LogP contribution in [0.3, 0.4) is 0 Å². The molecule has 98 valence electrons. The number of halogens is 1. The highest BCUT2D eigenvalue weighted by Gasteiger charge is 2.39. The monoisotopic (exact) mass is 251 g/mol. The average molecular weight is 251 g/mol. The van der Waals surface area contributed by atoms with Gasteiger partial charge in [0.15, 0.2) is 0 Å². The standard InChI is InChI=1S/C14H18FNO2/c1-16(9-10-3-7-12(15)8-4-10)13(11-5-6-11)14(17)18-2/h3-4,7-8,11,13H,5-6,9H2,1-2H3. The lowest BCUT2D eigenvalue weighted by molar-refractivity contribution is -0.147. The molecular formula is C14H18FNO2. The van der Waals surface area contributed by atoms with E-state index >= 15 is 0 Å². The molecule has 1 unspecified atom stereocenters. The molecule has 18 heavy (non-hydrogen) atoms. The van der Waals surface area contributed by atoms with Crippen molar-refractivity contribution in [2.45, 2.75) is 25.4 Å². The lowest BCUT2D eigenvalue weighted by atomic mass is 10.1. The predicted octanol–water partition coefficient (Wildman–Crippen LogP) is 2.21. The van der Waals surface area contributed by atoms with Gasteiger partial charge in [0.25, 0.3) is 0 Å². The molecule has 2 rings (SSSR count). The van der Waals surface area contributed by atoms with Crippen LogP contribution in [-0.2, 0) is 16.1 Å². The number of ether oxygens (including phenoxy) is 1. The van der Waals surface area contributed by atoms with E-state index in [1.807, 2.05) is 11.9 Å². The second kappa shape index (κ2) is 5.48. The van der Waals surface area contributed by atoms with Gasteiger partial charge in [-0.2, -0.15) is 0 Å². The molecule has 1 aromatic rings. The molecule has 1 atom stereocenters. The van der Waals surface area contributed by atoms with Gasteiger partial charge < -0.3 is 4.74 Å². The summed E-state index contributed by atoms with van der Waals surface area (Å²) in [5.74, 6) is -0.0156. The van der Waals surface area contributed by atoms with Gasteiger partial charge in [-0.25, -0.2) is 4.39 Å². The highest BCUT2D eigenvalue weighted by Crippen LogP contribution is 2.36. The number of rotatable bonds is 5. The first-order chi connectivity index (χ1) is 8.61. The van der Waals surface area contributed by atoms with Gasteiger partial charge in [0.2, 0.25) is 0 Å². The number of benzene rings is 1. The van der Waals surface area contributed by atoms with Crippen molar-refractivity contribution in [3.8, 4) is 0 Å². The SMILES string of the molecule is COC(=O)C(C1CC1)N(C)Cc1ccc(F)cc1. The average Bonchev–Trinajstić information content (AvgIpc) is 3.16. The largest absolute Gasteiger partial charge is 0.468 e. The normalized spacial score (nSPS) is 16.7. The second-order valence-corrected chi connectivity index (χ2v) is 4.85. The molecule has 1 saturated carbocycles. The molecule has 0 heterocycles. The van der Waals surface area contributed by atoms with Crippen molar-refractivity contribution < 1.29 is 13.9 Å². The van der Waals surface area contributed by atoms with Crippen LogP contribution in [0, 0.1) is 11.7 Å². The Bertz CT molecular complexity index is 414. The van der Waals surface area contributed by atoms with E-state index in [0.717, 1.165) is 18.4 Å². The summed E-state index contributed by atoms with van der Waals surface area (Å²) in [6.45, 7) is 0.622. The third-order valence-electron chi connectivity index (χ3n) is 3.33. The van der Waals surface area contributed by atoms with Crippen LogP contribution < -0.4 is 0 Å². The quantitative estimate of drug-likeness (QED) is 0.751. The summed E-state index contributed by atoms with van der Waals surface area (Å²) in [5.41, 5.74) is 0.994. The smallest absolute Gasteiger partial charge is 0.323 e. The van der Waals surface area contributed by atoms with Gasteiger partial charge in [-0.05, 0) is 43.5 Å². The molecule has 1 aliphatic rings. The number of esters is 1. The zero-order chi connectivity index (χ0) is 13.1.